The molecule has 1 unspecified atom stereocenters. The van der Waals surface area contributed by atoms with Crippen molar-refractivity contribution in [3.63, 3.8) is 0 Å². The zero-order valence-corrected chi connectivity index (χ0v) is 12.0. The molecular weight excluding hydrogens is 276 g/mol. The van der Waals surface area contributed by atoms with Crippen LogP contribution in [0.25, 0.3) is 0 Å². The van der Waals surface area contributed by atoms with Gasteiger partial charge in [0.1, 0.15) is 0 Å². The number of carbonyl (C=O) groups excluding carboxylic acids is 1. The van der Waals surface area contributed by atoms with Gasteiger partial charge in [-0.15, -0.1) is 0 Å². The number of aromatic nitrogens is 1. The first-order valence-corrected chi connectivity index (χ1v) is 6.73. The maximum Gasteiger partial charge on any atom is 0.194 e. The van der Waals surface area contributed by atoms with Gasteiger partial charge in [-0.05, 0) is 36.8 Å². The number of benzene rings is 1. The van der Waals surface area contributed by atoms with Gasteiger partial charge in [0.25, 0.3) is 0 Å². The fraction of sp³-hybridized carbons (Fsp3) is 0.267. The van der Waals surface area contributed by atoms with Crippen molar-refractivity contribution in [3.8, 4) is 0 Å². The molecule has 106 valence electrons. The van der Waals surface area contributed by atoms with Crippen LogP contribution in [0.15, 0.2) is 36.5 Å². The Morgan fingerprint density at radius 2 is 2.00 bits per heavy atom. The lowest BCUT2D eigenvalue weighted by Crippen LogP contribution is -2.15. The first-order valence-electron chi connectivity index (χ1n) is 6.36. The number of hydrogen-bond donors (Lipinski definition) is 2. The zero-order valence-electron chi connectivity index (χ0n) is 11.2. The molecule has 5 heteroatoms. The largest absolute Gasteiger partial charge is 0.396 e. The number of carbonyl (C=O) groups is 1. The number of halogens is 1. The Kier molecular flexibility index (Phi) is 4.60. The topological polar surface area (TPSA) is 68.2 Å². The Labute approximate surface area is 122 Å². The quantitative estimate of drug-likeness (QED) is 0.831. The molecule has 1 heterocycles. The van der Waals surface area contributed by atoms with E-state index >= 15 is 0 Å². The highest BCUT2D eigenvalue weighted by atomic mass is 35.5. The van der Waals surface area contributed by atoms with Gasteiger partial charge in [0.05, 0.1) is 0 Å². The number of nitrogens with zero attached hydrogens (tertiary/aromatic N) is 1. The molecule has 0 spiro atoms. The summed E-state index contributed by atoms with van der Waals surface area (Å²) in [6, 6.07) is 8.27. The number of hydrogen-bond acceptors (Lipinski definition) is 3. The number of ketones is 1. The van der Waals surface area contributed by atoms with E-state index in [4.69, 9.17) is 22.4 Å². The molecule has 0 aliphatic heterocycles. The lowest BCUT2D eigenvalue weighted by molar-refractivity contribution is 0.103. The van der Waals surface area contributed by atoms with Gasteiger partial charge in [-0.1, -0.05) is 11.6 Å². The molecule has 1 aromatic carbocycles. The number of rotatable bonds is 5. The van der Waals surface area contributed by atoms with Crippen molar-refractivity contribution in [2.75, 3.05) is 6.61 Å². The molecule has 20 heavy (non-hydrogen) atoms. The van der Waals surface area contributed by atoms with E-state index in [2.05, 4.69) is 0 Å². The minimum atomic E-state index is -0.281. The van der Waals surface area contributed by atoms with E-state index in [0.717, 1.165) is 5.69 Å². The van der Waals surface area contributed by atoms with E-state index in [0.29, 0.717) is 22.6 Å². The van der Waals surface area contributed by atoms with E-state index in [1.54, 1.807) is 36.5 Å². The maximum atomic E-state index is 12.4. The molecule has 4 nitrogen and oxygen atoms in total. The summed E-state index contributed by atoms with van der Waals surface area (Å²) in [6.07, 6.45) is 2.22. The van der Waals surface area contributed by atoms with Crippen molar-refractivity contribution in [1.29, 1.82) is 0 Å². The van der Waals surface area contributed by atoms with Crippen LogP contribution in [0.4, 0.5) is 0 Å². The molecule has 2 aromatic rings. The second-order valence-electron chi connectivity index (χ2n) is 4.72. The maximum absolute atomic E-state index is 12.4. The zero-order chi connectivity index (χ0) is 14.7. The van der Waals surface area contributed by atoms with Gasteiger partial charge in [0.15, 0.2) is 5.78 Å². The van der Waals surface area contributed by atoms with Crippen LogP contribution in [0.3, 0.4) is 0 Å². The number of aliphatic hydroxyl groups excluding tert-OH is 1. The van der Waals surface area contributed by atoms with Crippen molar-refractivity contribution in [2.24, 2.45) is 12.8 Å². The Hall–Kier alpha value is -1.62. The first-order chi connectivity index (χ1) is 9.52. The molecule has 0 aliphatic rings. The highest BCUT2D eigenvalue weighted by molar-refractivity contribution is 6.30. The molecule has 0 aliphatic carbocycles. The normalized spacial score (nSPS) is 12.4. The SMILES string of the molecule is Cn1cc(C(=O)c2ccc(Cl)cc2)cc1C(N)CCO. The average Bonchev–Trinajstić information content (AvgIpc) is 2.81. The molecule has 1 aromatic heterocycles. The van der Waals surface area contributed by atoms with Crippen molar-refractivity contribution in [2.45, 2.75) is 12.5 Å². The predicted molar refractivity (Wildman–Crippen MR) is 78.9 cm³/mol. The van der Waals surface area contributed by atoms with Crippen molar-refractivity contribution in [1.82, 2.24) is 4.57 Å². The van der Waals surface area contributed by atoms with E-state index in [-0.39, 0.29) is 18.4 Å². The Balaban J connectivity index is 2.27. The fourth-order valence-corrected chi connectivity index (χ4v) is 2.26. The summed E-state index contributed by atoms with van der Waals surface area (Å²) in [5.74, 6) is -0.0697. The Morgan fingerprint density at radius 3 is 2.60 bits per heavy atom. The minimum Gasteiger partial charge on any atom is -0.396 e. The third-order valence-electron chi connectivity index (χ3n) is 3.23. The van der Waals surface area contributed by atoms with Gasteiger partial charge in [0.2, 0.25) is 0 Å². The summed E-state index contributed by atoms with van der Waals surface area (Å²) in [6.45, 7) is 0.0206. The number of nitrogens with two attached hydrogens (primary N) is 1. The summed E-state index contributed by atoms with van der Waals surface area (Å²) in [4.78, 5) is 12.4. The van der Waals surface area contributed by atoms with Crippen LogP contribution in [0, 0.1) is 0 Å². The highest BCUT2D eigenvalue weighted by Gasteiger charge is 2.16. The van der Waals surface area contributed by atoms with Crippen LogP contribution < -0.4 is 5.73 Å². The third-order valence-corrected chi connectivity index (χ3v) is 3.48. The molecule has 1 atom stereocenters. The summed E-state index contributed by atoms with van der Waals surface area (Å²) < 4.78 is 1.82. The fourth-order valence-electron chi connectivity index (χ4n) is 2.13. The lowest BCUT2D eigenvalue weighted by Gasteiger charge is -2.10. The molecule has 0 radical (unpaired) electrons. The van der Waals surface area contributed by atoms with Crippen LogP contribution in [0.5, 0.6) is 0 Å². The molecule has 2 rings (SSSR count). The lowest BCUT2D eigenvalue weighted by atomic mass is 10.0. The monoisotopic (exact) mass is 292 g/mol. The van der Waals surface area contributed by atoms with Crippen LogP contribution >= 0.6 is 11.6 Å². The van der Waals surface area contributed by atoms with Gasteiger partial charge in [-0.3, -0.25) is 4.79 Å². The minimum absolute atomic E-state index is 0.0206. The van der Waals surface area contributed by atoms with Crippen molar-refractivity contribution in [3.05, 3.63) is 58.4 Å². The van der Waals surface area contributed by atoms with Gasteiger partial charge < -0.3 is 15.4 Å². The molecule has 3 N–H and O–H groups in total. The van der Waals surface area contributed by atoms with Crippen LogP contribution in [0.1, 0.15) is 34.1 Å². The van der Waals surface area contributed by atoms with Gasteiger partial charge in [-0.2, -0.15) is 0 Å². The van der Waals surface area contributed by atoms with Crippen molar-refractivity contribution < 1.29 is 9.90 Å². The first kappa shape index (κ1) is 14.8. The molecule has 0 fully saturated rings. The molecule has 0 amide bonds. The summed E-state index contributed by atoms with van der Waals surface area (Å²) in [7, 11) is 1.84. The average molecular weight is 293 g/mol. The van der Waals surface area contributed by atoms with Gasteiger partial charge in [-0.25, -0.2) is 0 Å². The standard InChI is InChI=1S/C15H17ClN2O2/c1-18-9-11(8-14(18)13(17)6-7-19)15(20)10-2-4-12(16)5-3-10/h2-5,8-9,13,19H,6-7,17H2,1H3. The highest BCUT2D eigenvalue weighted by Crippen LogP contribution is 2.20. The summed E-state index contributed by atoms with van der Waals surface area (Å²) in [5.41, 5.74) is 7.97. The van der Waals surface area contributed by atoms with Crippen LogP contribution in [-0.4, -0.2) is 22.1 Å². The van der Waals surface area contributed by atoms with Gasteiger partial charge >= 0.3 is 0 Å². The molecule has 0 bridgehead atoms. The molecule has 0 saturated carbocycles. The smallest absolute Gasteiger partial charge is 0.194 e. The molecule has 0 saturated heterocycles. The van der Waals surface area contributed by atoms with E-state index in [1.807, 2.05) is 11.6 Å². The third kappa shape index (κ3) is 3.10. The second kappa shape index (κ2) is 6.22. The van der Waals surface area contributed by atoms with Gasteiger partial charge in [0, 0.05) is 47.7 Å². The molecular formula is C15H17ClN2O2. The predicted octanol–water partition coefficient (Wildman–Crippen LogP) is 2.29. The van der Waals surface area contributed by atoms with E-state index in [1.165, 1.54) is 0 Å². The summed E-state index contributed by atoms with van der Waals surface area (Å²) >= 11 is 5.81. The summed E-state index contributed by atoms with van der Waals surface area (Å²) in [5, 5.41) is 9.54. The second-order valence-corrected chi connectivity index (χ2v) is 5.16. The van der Waals surface area contributed by atoms with Crippen LogP contribution in [0.2, 0.25) is 5.02 Å². The van der Waals surface area contributed by atoms with E-state index < -0.39 is 0 Å². The Bertz CT molecular complexity index is 605. The number of aliphatic hydroxyl groups is 1. The number of aryl methyl sites for hydroxylation is 1. The van der Waals surface area contributed by atoms with E-state index in [9.17, 15) is 4.79 Å². The van der Waals surface area contributed by atoms with Crippen LogP contribution in [-0.2, 0) is 7.05 Å². The van der Waals surface area contributed by atoms with Crippen molar-refractivity contribution >= 4 is 17.4 Å². The Morgan fingerprint density at radius 1 is 1.35 bits per heavy atom.